The number of nitrogens with zero attached hydrogens (tertiary/aromatic N) is 1. The maximum atomic E-state index is 12.7. The van der Waals surface area contributed by atoms with Crippen molar-refractivity contribution in [2.75, 3.05) is 41.0 Å². The molecule has 0 fully saturated rings. The molecule has 0 aromatic carbocycles. The van der Waals surface area contributed by atoms with Gasteiger partial charge in [-0.1, -0.05) is 163 Å². The van der Waals surface area contributed by atoms with Crippen molar-refractivity contribution in [3.63, 3.8) is 0 Å². The van der Waals surface area contributed by atoms with Gasteiger partial charge in [0.15, 0.2) is 12.1 Å². The second-order valence-corrected chi connectivity index (χ2v) is 15.7. The van der Waals surface area contributed by atoms with Crippen molar-refractivity contribution < 1.29 is 38.2 Å². The molecule has 0 spiro atoms. The van der Waals surface area contributed by atoms with Crippen molar-refractivity contribution in [2.45, 2.75) is 167 Å². The number of hydrogen-bond donors (Lipinski definition) is 1. The molecule has 0 aliphatic rings. The molecule has 8 heteroatoms. The lowest BCUT2D eigenvalue weighted by Gasteiger charge is -2.31. The van der Waals surface area contributed by atoms with Crippen LogP contribution in [-0.2, 0) is 28.6 Å². The molecule has 0 aromatic heterocycles. The summed E-state index contributed by atoms with van der Waals surface area (Å²) in [6.45, 7) is 4.51. The van der Waals surface area contributed by atoms with Crippen LogP contribution < -0.4 is 0 Å². The van der Waals surface area contributed by atoms with E-state index < -0.39 is 18.1 Å². The lowest BCUT2D eigenvalue weighted by atomic mass is 10.1. The molecule has 2 unspecified atom stereocenters. The van der Waals surface area contributed by atoms with Crippen molar-refractivity contribution in [2.24, 2.45) is 0 Å². The predicted molar refractivity (Wildman–Crippen MR) is 238 cm³/mol. The summed E-state index contributed by atoms with van der Waals surface area (Å²) in [7, 11) is 5.50. The molecule has 0 rings (SSSR count). The number of unbranched alkanes of at least 4 members (excludes halogenated alkanes) is 15. The Morgan fingerprint density at radius 3 is 1.53 bits per heavy atom. The molecule has 0 amide bonds. The van der Waals surface area contributed by atoms with Crippen molar-refractivity contribution >= 4 is 17.9 Å². The first kappa shape index (κ1) is 53.5. The molecule has 324 valence electrons. The summed E-state index contributed by atoms with van der Waals surface area (Å²) >= 11 is 0. The number of likely N-dealkylation sites (N-methyl/N-ethyl adjacent to an activating group) is 1. The third-order valence-electron chi connectivity index (χ3n) is 9.44. The van der Waals surface area contributed by atoms with Gasteiger partial charge >= 0.3 is 17.9 Å². The van der Waals surface area contributed by atoms with Gasteiger partial charge in [0.25, 0.3) is 0 Å². The van der Waals surface area contributed by atoms with E-state index in [1.165, 1.54) is 57.8 Å². The lowest BCUT2D eigenvalue weighted by Crippen LogP contribution is -2.50. The summed E-state index contributed by atoms with van der Waals surface area (Å²) in [6, 6.07) is -0.629. The summed E-state index contributed by atoms with van der Waals surface area (Å²) < 4.78 is 17.2. The van der Waals surface area contributed by atoms with Gasteiger partial charge in [0.2, 0.25) is 0 Å². The number of quaternary nitrogens is 1. The van der Waals surface area contributed by atoms with Crippen molar-refractivity contribution in [3.05, 3.63) is 85.1 Å². The fourth-order valence-corrected chi connectivity index (χ4v) is 6.00. The zero-order valence-electron chi connectivity index (χ0n) is 36.8. The van der Waals surface area contributed by atoms with Crippen LogP contribution in [0.2, 0.25) is 0 Å². The zero-order valence-corrected chi connectivity index (χ0v) is 36.8. The monoisotopic (exact) mass is 797 g/mol. The molecule has 0 bridgehead atoms. The van der Waals surface area contributed by atoms with Gasteiger partial charge < -0.3 is 23.8 Å². The second-order valence-electron chi connectivity index (χ2n) is 15.7. The van der Waals surface area contributed by atoms with Gasteiger partial charge in [0.1, 0.15) is 6.61 Å². The van der Waals surface area contributed by atoms with Gasteiger partial charge in [-0.25, -0.2) is 4.79 Å². The van der Waals surface area contributed by atoms with Crippen LogP contribution in [0.4, 0.5) is 0 Å². The normalized spacial score (nSPS) is 13.8. The summed E-state index contributed by atoms with van der Waals surface area (Å²) in [4.78, 5) is 37.0. The SMILES string of the molecule is CC/C=C/C=C/C=C/C=C/C=C/C=C/CCCCCC(=O)OC(COCCC(C(=O)O)[N+](C)(C)C)COC(=O)CCCCCCC/C=C/CCCCCCCCC. The number of allylic oxidation sites excluding steroid dienone is 14. The minimum Gasteiger partial charge on any atom is -0.477 e. The lowest BCUT2D eigenvalue weighted by molar-refractivity contribution is -0.887. The fraction of sp³-hybridized carbons (Fsp3) is 0.653. The van der Waals surface area contributed by atoms with Crippen LogP contribution in [0.25, 0.3) is 0 Å². The Hall–Kier alpha value is -3.49. The summed E-state index contributed by atoms with van der Waals surface area (Å²) in [5.74, 6) is -1.55. The van der Waals surface area contributed by atoms with E-state index in [-0.39, 0.29) is 42.7 Å². The van der Waals surface area contributed by atoms with E-state index in [1.807, 2.05) is 81.9 Å². The number of carboxylic acids is 1. The molecule has 0 saturated carbocycles. The third-order valence-corrected chi connectivity index (χ3v) is 9.44. The van der Waals surface area contributed by atoms with E-state index in [0.717, 1.165) is 57.8 Å². The molecule has 1 N–H and O–H groups in total. The number of aliphatic carboxylic acids is 1. The predicted octanol–water partition coefficient (Wildman–Crippen LogP) is 12.1. The average molecular weight is 797 g/mol. The fourth-order valence-electron chi connectivity index (χ4n) is 6.00. The van der Waals surface area contributed by atoms with Crippen molar-refractivity contribution in [1.82, 2.24) is 0 Å². The van der Waals surface area contributed by atoms with Crippen LogP contribution >= 0.6 is 0 Å². The van der Waals surface area contributed by atoms with Crippen LogP contribution in [0.15, 0.2) is 85.1 Å². The minimum atomic E-state index is -0.888. The van der Waals surface area contributed by atoms with Crippen LogP contribution in [0.1, 0.15) is 155 Å². The molecule has 57 heavy (non-hydrogen) atoms. The van der Waals surface area contributed by atoms with E-state index in [1.54, 1.807) is 0 Å². The summed E-state index contributed by atoms with van der Waals surface area (Å²) in [5, 5.41) is 9.62. The molecule has 0 aliphatic heterocycles. The Morgan fingerprint density at radius 1 is 0.544 bits per heavy atom. The Morgan fingerprint density at radius 2 is 1.00 bits per heavy atom. The largest absolute Gasteiger partial charge is 0.477 e. The molecular weight excluding hydrogens is 715 g/mol. The second kappa shape index (κ2) is 39.3. The molecule has 0 aromatic rings. The Bertz CT molecular complexity index is 1200. The Labute approximate surface area is 348 Å². The number of hydrogen-bond acceptors (Lipinski definition) is 6. The maximum Gasteiger partial charge on any atom is 0.362 e. The van der Waals surface area contributed by atoms with E-state index >= 15 is 0 Å². The molecule has 0 aliphatic carbocycles. The van der Waals surface area contributed by atoms with E-state index in [2.05, 4.69) is 38.2 Å². The number of ether oxygens (including phenoxy) is 3. The van der Waals surface area contributed by atoms with Crippen LogP contribution in [0.3, 0.4) is 0 Å². The van der Waals surface area contributed by atoms with Gasteiger partial charge in [-0.3, -0.25) is 9.59 Å². The summed E-state index contributed by atoms with van der Waals surface area (Å²) in [5.41, 5.74) is 0. The average Bonchev–Trinajstić information content (AvgIpc) is 3.17. The first-order chi connectivity index (χ1) is 27.6. The molecule has 0 radical (unpaired) electrons. The molecule has 2 atom stereocenters. The zero-order chi connectivity index (χ0) is 42.1. The smallest absolute Gasteiger partial charge is 0.362 e. The molecule has 0 heterocycles. The maximum absolute atomic E-state index is 12.7. The van der Waals surface area contributed by atoms with Gasteiger partial charge in [-0.05, 0) is 57.8 Å². The number of esters is 2. The number of carbonyl (C=O) groups is 3. The third kappa shape index (κ3) is 37.8. The first-order valence-corrected chi connectivity index (χ1v) is 22.2. The van der Waals surface area contributed by atoms with Crippen LogP contribution in [-0.4, -0.2) is 80.6 Å². The highest BCUT2D eigenvalue weighted by atomic mass is 16.6. The Balaban J connectivity index is 4.47. The van der Waals surface area contributed by atoms with Crippen molar-refractivity contribution in [1.29, 1.82) is 0 Å². The van der Waals surface area contributed by atoms with E-state index in [9.17, 15) is 19.5 Å². The molecule has 0 saturated heterocycles. The number of rotatable bonds is 38. The van der Waals surface area contributed by atoms with Crippen LogP contribution in [0, 0.1) is 0 Å². The topological polar surface area (TPSA) is 99.1 Å². The highest BCUT2D eigenvalue weighted by molar-refractivity contribution is 5.72. The van der Waals surface area contributed by atoms with Gasteiger partial charge in [-0.15, -0.1) is 0 Å². The molecular formula is C49H82NO7+. The van der Waals surface area contributed by atoms with E-state index in [4.69, 9.17) is 14.2 Å². The van der Waals surface area contributed by atoms with Crippen LogP contribution in [0.5, 0.6) is 0 Å². The standard InChI is InChI=1S/C49H81NO7/c1-6-8-10-12-14-16-18-20-22-24-26-28-30-32-34-36-38-40-48(52)57-45(43-55-42-41-46(49(53)54)50(3,4)5)44-56-47(51)39-37-35-33-31-29-27-25-23-21-19-17-15-13-11-9-7-2/h8,10,12,14,16,18,20,22-26,28,30,45-46H,6-7,9,11,13,15,17,19,21,27,29,31-44H2,1-5H3/p+1/b10-8+,14-12+,18-16+,22-20+,25-23+,26-24+,30-28+. The minimum absolute atomic E-state index is 0.0352. The highest BCUT2D eigenvalue weighted by Crippen LogP contribution is 2.13. The molecule has 8 nitrogen and oxygen atoms in total. The van der Waals surface area contributed by atoms with Gasteiger partial charge in [0.05, 0.1) is 34.4 Å². The van der Waals surface area contributed by atoms with Gasteiger partial charge in [-0.2, -0.15) is 0 Å². The number of carbonyl (C=O) groups excluding carboxylic acids is 2. The highest BCUT2D eigenvalue weighted by Gasteiger charge is 2.31. The van der Waals surface area contributed by atoms with Crippen molar-refractivity contribution in [3.8, 4) is 0 Å². The first-order valence-electron chi connectivity index (χ1n) is 22.2. The quantitative estimate of drug-likeness (QED) is 0.0218. The Kier molecular flexibility index (Phi) is 36.9. The summed E-state index contributed by atoms with van der Waals surface area (Å²) in [6.07, 6.45) is 50.5. The number of carboxylic acid groups (broad SMARTS) is 1. The van der Waals surface area contributed by atoms with E-state index in [0.29, 0.717) is 19.3 Å². The van der Waals surface area contributed by atoms with Gasteiger partial charge in [0, 0.05) is 19.3 Å².